The van der Waals surface area contributed by atoms with Crippen LogP contribution in [0.1, 0.15) is 30.0 Å². The Kier molecular flexibility index (Phi) is 6.26. The van der Waals surface area contributed by atoms with Gasteiger partial charge in [-0.25, -0.2) is 4.98 Å². The average Bonchev–Trinajstić information content (AvgIpc) is 3.16. The van der Waals surface area contributed by atoms with E-state index in [1.165, 1.54) is 0 Å². The maximum absolute atomic E-state index is 13.4. The van der Waals surface area contributed by atoms with Crippen molar-refractivity contribution in [3.63, 3.8) is 0 Å². The van der Waals surface area contributed by atoms with Gasteiger partial charge in [-0.3, -0.25) is 14.6 Å². The van der Waals surface area contributed by atoms with Crippen molar-refractivity contribution in [1.29, 1.82) is 0 Å². The summed E-state index contributed by atoms with van der Waals surface area (Å²) in [5.41, 5.74) is 3.01. The van der Waals surface area contributed by atoms with Gasteiger partial charge >= 0.3 is 0 Å². The molecule has 0 saturated heterocycles. The van der Waals surface area contributed by atoms with Crippen molar-refractivity contribution < 1.29 is 9.59 Å². The van der Waals surface area contributed by atoms with Crippen molar-refractivity contribution in [2.75, 3.05) is 4.90 Å². The predicted molar refractivity (Wildman–Crippen MR) is 124 cm³/mol. The molecule has 32 heavy (non-hydrogen) atoms. The molecule has 1 N–H and O–H groups in total. The lowest BCUT2D eigenvalue weighted by Gasteiger charge is -2.27. The van der Waals surface area contributed by atoms with Crippen LogP contribution in [0.5, 0.6) is 0 Å². The van der Waals surface area contributed by atoms with Crippen LogP contribution in [0.4, 0.5) is 5.69 Å². The Hall–Kier alpha value is -4.00. The third kappa shape index (κ3) is 4.51. The van der Waals surface area contributed by atoms with Crippen molar-refractivity contribution in [3.8, 4) is 0 Å². The van der Waals surface area contributed by atoms with E-state index in [4.69, 9.17) is 0 Å². The van der Waals surface area contributed by atoms with Gasteiger partial charge in [-0.05, 0) is 50.2 Å². The first-order valence-corrected chi connectivity index (χ1v) is 10.5. The summed E-state index contributed by atoms with van der Waals surface area (Å²) in [4.78, 5) is 36.3. The van der Waals surface area contributed by atoms with Crippen molar-refractivity contribution in [2.24, 2.45) is 0 Å². The highest BCUT2D eigenvalue weighted by Crippen LogP contribution is 2.20. The predicted octanol–water partition coefficient (Wildman–Crippen LogP) is 3.80. The van der Waals surface area contributed by atoms with E-state index < -0.39 is 0 Å². The van der Waals surface area contributed by atoms with E-state index in [2.05, 4.69) is 15.3 Å². The van der Waals surface area contributed by atoms with Crippen LogP contribution in [-0.4, -0.2) is 32.4 Å². The molecule has 0 fully saturated rings. The summed E-state index contributed by atoms with van der Waals surface area (Å²) < 4.78 is 1.88. The number of nitrogens with zero attached hydrogens (tertiary/aromatic N) is 4. The van der Waals surface area contributed by atoms with E-state index in [0.29, 0.717) is 11.4 Å². The van der Waals surface area contributed by atoms with E-state index in [9.17, 15) is 9.59 Å². The van der Waals surface area contributed by atoms with Gasteiger partial charge in [-0.15, -0.1) is 0 Å². The van der Waals surface area contributed by atoms with E-state index in [1.807, 2.05) is 73.0 Å². The lowest BCUT2D eigenvalue weighted by Crippen LogP contribution is -2.39. The number of pyridine rings is 1. The van der Waals surface area contributed by atoms with Crippen molar-refractivity contribution in [1.82, 2.24) is 19.9 Å². The Morgan fingerprint density at radius 2 is 1.66 bits per heavy atom. The van der Waals surface area contributed by atoms with Gasteiger partial charge in [0.2, 0.25) is 5.91 Å². The summed E-state index contributed by atoms with van der Waals surface area (Å²) in [5.74, 6) is 0.361. The molecule has 2 aromatic heterocycles. The largest absolute Gasteiger partial charge is 0.345 e. The fourth-order valence-corrected chi connectivity index (χ4v) is 3.73. The van der Waals surface area contributed by atoms with Crippen LogP contribution >= 0.6 is 0 Å². The van der Waals surface area contributed by atoms with Crippen LogP contribution in [0.2, 0.25) is 0 Å². The van der Waals surface area contributed by atoms with Crippen molar-refractivity contribution in [2.45, 2.75) is 33.0 Å². The molecule has 7 nitrogen and oxygen atoms in total. The summed E-state index contributed by atoms with van der Waals surface area (Å²) in [6, 6.07) is 20.6. The second-order valence-electron chi connectivity index (χ2n) is 7.71. The van der Waals surface area contributed by atoms with Gasteiger partial charge in [-0.2, -0.15) is 0 Å². The fraction of sp³-hybridized carbons (Fsp3) is 0.200. The smallest absolute Gasteiger partial charge is 0.251 e. The first kappa shape index (κ1) is 21.2. The van der Waals surface area contributed by atoms with Crippen LogP contribution in [0.25, 0.3) is 11.0 Å². The number of aromatic nitrogens is 3. The zero-order valence-corrected chi connectivity index (χ0v) is 18.1. The number of para-hydroxylation sites is 3. The van der Waals surface area contributed by atoms with E-state index >= 15 is 0 Å². The maximum atomic E-state index is 13.4. The molecule has 2 heterocycles. The zero-order chi connectivity index (χ0) is 22.5. The van der Waals surface area contributed by atoms with Gasteiger partial charge < -0.3 is 14.8 Å². The van der Waals surface area contributed by atoms with E-state index in [0.717, 1.165) is 16.7 Å². The van der Waals surface area contributed by atoms with Gasteiger partial charge in [0.25, 0.3) is 5.91 Å². The highest BCUT2D eigenvalue weighted by Gasteiger charge is 2.22. The molecule has 0 saturated carbocycles. The third-order valence-electron chi connectivity index (χ3n) is 5.20. The highest BCUT2D eigenvalue weighted by atomic mass is 16.2. The summed E-state index contributed by atoms with van der Waals surface area (Å²) >= 11 is 0. The molecule has 0 radical (unpaired) electrons. The Labute approximate surface area is 186 Å². The molecule has 0 spiro atoms. The number of anilines is 1. The van der Waals surface area contributed by atoms with Crippen LogP contribution in [0, 0.1) is 0 Å². The Morgan fingerprint density at radius 1 is 0.969 bits per heavy atom. The van der Waals surface area contributed by atoms with Gasteiger partial charge in [0.15, 0.2) is 0 Å². The van der Waals surface area contributed by atoms with Gasteiger partial charge in [0.05, 0.1) is 17.6 Å². The van der Waals surface area contributed by atoms with Crippen molar-refractivity contribution >= 4 is 28.5 Å². The second kappa shape index (κ2) is 9.43. The van der Waals surface area contributed by atoms with Gasteiger partial charge in [-0.1, -0.05) is 30.3 Å². The van der Waals surface area contributed by atoms with Gasteiger partial charge in [0, 0.05) is 29.7 Å². The molecule has 0 aliphatic rings. The summed E-state index contributed by atoms with van der Waals surface area (Å²) in [6.07, 6.45) is 3.15. The number of carbonyl (C=O) groups is 2. The van der Waals surface area contributed by atoms with E-state index in [1.54, 1.807) is 29.4 Å². The number of nitrogens with one attached hydrogen (secondary N) is 1. The van der Waals surface area contributed by atoms with Crippen LogP contribution in [-0.2, 0) is 17.9 Å². The zero-order valence-electron chi connectivity index (χ0n) is 18.1. The molecule has 2 aromatic carbocycles. The minimum Gasteiger partial charge on any atom is -0.345 e. The highest BCUT2D eigenvalue weighted by molar-refractivity contribution is 5.95. The molecule has 0 bridgehead atoms. The molecule has 4 rings (SSSR count). The molecular formula is C25H25N5O2. The topological polar surface area (TPSA) is 80.1 Å². The van der Waals surface area contributed by atoms with Crippen LogP contribution in [0.3, 0.4) is 0 Å². The minimum absolute atomic E-state index is 0.00507. The summed E-state index contributed by atoms with van der Waals surface area (Å²) in [6.45, 7) is 4.31. The Bertz CT molecular complexity index is 1220. The molecule has 162 valence electrons. The number of hydrogen-bond donors (Lipinski definition) is 1. The molecule has 0 atom stereocenters. The average molecular weight is 428 g/mol. The lowest BCUT2D eigenvalue weighted by atomic mass is 10.2. The maximum Gasteiger partial charge on any atom is 0.251 e. The quantitative estimate of drug-likeness (QED) is 0.486. The number of amides is 2. The number of fused-ring (bicyclic) bond motifs is 1. The normalized spacial score (nSPS) is 11.0. The first-order chi connectivity index (χ1) is 15.5. The number of carbonyl (C=O) groups excluding carboxylic acids is 2. The second-order valence-corrected chi connectivity index (χ2v) is 7.71. The fourth-order valence-electron chi connectivity index (χ4n) is 3.73. The molecule has 0 aliphatic carbocycles. The van der Waals surface area contributed by atoms with Crippen LogP contribution in [0.15, 0.2) is 79.1 Å². The molecule has 0 aliphatic heterocycles. The molecule has 4 aromatic rings. The Balaban J connectivity index is 1.61. The number of imidazole rings is 1. The number of hydrogen-bond acceptors (Lipinski definition) is 4. The number of rotatable bonds is 7. The van der Waals surface area contributed by atoms with Crippen LogP contribution < -0.4 is 10.2 Å². The van der Waals surface area contributed by atoms with Gasteiger partial charge in [0.1, 0.15) is 12.4 Å². The summed E-state index contributed by atoms with van der Waals surface area (Å²) in [5, 5.41) is 2.90. The molecule has 7 heteroatoms. The first-order valence-electron chi connectivity index (χ1n) is 10.5. The standard InChI is InChI=1S/C25H25N5O2/c1-18(2)30(20-8-4-3-5-9-20)24(31)17-29-22-11-7-6-10-21(22)28-23(29)16-27-25(32)19-12-14-26-15-13-19/h3-15,18H,16-17H2,1-2H3,(H,27,32). The molecule has 0 unspecified atom stereocenters. The molecule has 2 amide bonds. The monoisotopic (exact) mass is 427 g/mol. The van der Waals surface area contributed by atoms with Crippen molar-refractivity contribution in [3.05, 3.63) is 90.5 Å². The SMILES string of the molecule is CC(C)N(C(=O)Cn1c(CNC(=O)c2ccncc2)nc2ccccc21)c1ccccc1. The molecular weight excluding hydrogens is 402 g/mol. The minimum atomic E-state index is -0.217. The third-order valence-corrected chi connectivity index (χ3v) is 5.20. The Morgan fingerprint density at radius 3 is 2.38 bits per heavy atom. The lowest BCUT2D eigenvalue weighted by molar-refractivity contribution is -0.119. The van der Waals surface area contributed by atoms with E-state index in [-0.39, 0.29) is 30.9 Å². The number of benzene rings is 2. The summed E-state index contributed by atoms with van der Waals surface area (Å²) in [7, 11) is 0.